The zero-order valence-corrected chi connectivity index (χ0v) is 11.8. The van der Waals surface area contributed by atoms with Crippen molar-refractivity contribution >= 4 is 30.0 Å². The summed E-state index contributed by atoms with van der Waals surface area (Å²) in [6.07, 6.45) is 0. The van der Waals surface area contributed by atoms with Gasteiger partial charge in [0.2, 0.25) is 5.91 Å². The average molecular weight is 287 g/mol. The molecule has 0 saturated heterocycles. The minimum absolute atomic E-state index is 0. The number of carbonyl (C=O) groups excluding carboxylic acids is 2. The van der Waals surface area contributed by atoms with E-state index in [0.29, 0.717) is 17.9 Å². The molecule has 0 aromatic heterocycles. The van der Waals surface area contributed by atoms with E-state index >= 15 is 0 Å². The third-order valence-electron chi connectivity index (χ3n) is 2.44. The predicted molar refractivity (Wildman–Crippen MR) is 76.5 cm³/mol. The van der Waals surface area contributed by atoms with E-state index in [9.17, 15) is 9.59 Å². The number of amides is 1. The van der Waals surface area contributed by atoms with E-state index in [1.807, 2.05) is 0 Å². The third kappa shape index (κ3) is 5.28. The van der Waals surface area contributed by atoms with Gasteiger partial charge in [0, 0.05) is 18.2 Å². The third-order valence-corrected chi connectivity index (χ3v) is 2.44. The molecule has 1 aromatic carbocycles. The van der Waals surface area contributed by atoms with Crippen LogP contribution in [0.1, 0.15) is 24.2 Å². The molecule has 0 radical (unpaired) electrons. The van der Waals surface area contributed by atoms with Gasteiger partial charge in [-0.15, -0.1) is 12.4 Å². The summed E-state index contributed by atoms with van der Waals surface area (Å²) in [5, 5.41) is 2.70. The molecule has 0 aliphatic heterocycles. The molecule has 0 aliphatic rings. The van der Waals surface area contributed by atoms with Crippen molar-refractivity contribution in [1.82, 2.24) is 0 Å². The maximum atomic E-state index is 11.6. The summed E-state index contributed by atoms with van der Waals surface area (Å²) in [5.41, 5.74) is 6.38. The van der Waals surface area contributed by atoms with Crippen LogP contribution in [0.25, 0.3) is 0 Å². The highest BCUT2D eigenvalue weighted by Crippen LogP contribution is 2.12. The first-order valence-electron chi connectivity index (χ1n) is 5.86. The minimum atomic E-state index is -0.402. The maximum absolute atomic E-state index is 11.6. The van der Waals surface area contributed by atoms with Gasteiger partial charge in [-0.05, 0) is 25.1 Å². The molecule has 0 saturated carbocycles. The van der Waals surface area contributed by atoms with Crippen molar-refractivity contribution in [3.05, 3.63) is 29.8 Å². The largest absolute Gasteiger partial charge is 0.462 e. The molecule has 3 N–H and O–H groups in total. The number of hydrogen-bond donors (Lipinski definition) is 2. The molecular formula is C13H19ClN2O3. The van der Waals surface area contributed by atoms with Gasteiger partial charge >= 0.3 is 5.97 Å². The van der Waals surface area contributed by atoms with Crippen molar-refractivity contribution < 1.29 is 14.3 Å². The molecule has 0 bridgehead atoms. The number of halogens is 1. The summed E-state index contributed by atoms with van der Waals surface area (Å²) in [7, 11) is 0. The summed E-state index contributed by atoms with van der Waals surface area (Å²) in [6.45, 7) is 4.08. The molecule has 0 fully saturated rings. The zero-order chi connectivity index (χ0) is 13.5. The van der Waals surface area contributed by atoms with Gasteiger partial charge in [-0.2, -0.15) is 0 Å². The number of esters is 1. The molecule has 5 nitrogen and oxygen atoms in total. The Morgan fingerprint density at radius 3 is 2.68 bits per heavy atom. The summed E-state index contributed by atoms with van der Waals surface area (Å²) in [4.78, 5) is 23.2. The number of benzene rings is 1. The number of anilines is 1. The van der Waals surface area contributed by atoms with Crippen LogP contribution in [0.3, 0.4) is 0 Å². The van der Waals surface area contributed by atoms with E-state index in [1.54, 1.807) is 38.1 Å². The highest BCUT2D eigenvalue weighted by Gasteiger charge is 2.12. The Hall–Kier alpha value is -1.59. The maximum Gasteiger partial charge on any atom is 0.338 e. The molecule has 19 heavy (non-hydrogen) atoms. The van der Waals surface area contributed by atoms with Crippen LogP contribution < -0.4 is 11.1 Å². The molecule has 1 amide bonds. The van der Waals surface area contributed by atoms with Crippen molar-refractivity contribution in [2.75, 3.05) is 18.5 Å². The first-order chi connectivity index (χ1) is 8.58. The van der Waals surface area contributed by atoms with Crippen LogP contribution in [0.4, 0.5) is 5.69 Å². The molecule has 1 rings (SSSR count). The van der Waals surface area contributed by atoms with Crippen molar-refractivity contribution in [3.63, 3.8) is 0 Å². The fourth-order valence-corrected chi connectivity index (χ4v) is 1.31. The van der Waals surface area contributed by atoms with Gasteiger partial charge < -0.3 is 15.8 Å². The highest BCUT2D eigenvalue weighted by molar-refractivity contribution is 5.95. The first-order valence-corrected chi connectivity index (χ1v) is 5.86. The van der Waals surface area contributed by atoms with Crippen molar-refractivity contribution in [2.24, 2.45) is 11.7 Å². The second-order valence-corrected chi connectivity index (χ2v) is 3.93. The van der Waals surface area contributed by atoms with Crippen molar-refractivity contribution in [1.29, 1.82) is 0 Å². The lowest BCUT2D eigenvalue weighted by Gasteiger charge is -2.10. The second kappa shape index (κ2) is 8.50. The van der Waals surface area contributed by atoms with Crippen LogP contribution in [0.5, 0.6) is 0 Å². The van der Waals surface area contributed by atoms with E-state index in [-0.39, 0.29) is 30.8 Å². The topological polar surface area (TPSA) is 81.4 Å². The Morgan fingerprint density at radius 2 is 2.11 bits per heavy atom. The van der Waals surface area contributed by atoms with Crippen LogP contribution in [0.15, 0.2) is 24.3 Å². The van der Waals surface area contributed by atoms with Gasteiger partial charge in [0.1, 0.15) is 0 Å². The summed E-state index contributed by atoms with van der Waals surface area (Å²) in [5.74, 6) is -0.838. The molecule has 1 aromatic rings. The first kappa shape index (κ1) is 17.4. The lowest BCUT2D eigenvalue weighted by Crippen LogP contribution is -2.26. The van der Waals surface area contributed by atoms with Gasteiger partial charge in [-0.3, -0.25) is 4.79 Å². The number of nitrogens with two attached hydrogens (primary N) is 1. The fraction of sp³-hybridized carbons (Fsp3) is 0.385. The predicted octanol–water partition coefficient (Wildman–Crippen LogP) is 1.82. The number of hydrogen-bond acceptors (Lipinski definition) is 4. The van der Waals surface area contributed by atoms with Gasteiger partial charge in [-0.1, -0.05) is 13.0 Å². The zero-order valence-electron chi connectivity index (χ0n) is 11.0. The van der Waals surface area contributed by atoms with Crippen LogP contribution in [-0.4, -0.2) is 25.0 Å². The summed E-state index contributed by atoms with van der Waals surface area (Å²) >= 11 is 0. The quantitative estimate of drug-likeness (QED) is 0.809. The average Bonchev–Trinajstić information content (AvgIpc) is 2.38. The lowest BCUT2D eigenvalue weighted by atomic mass is 10.1. The van der Waals surface area contributed by atoms with Gasteiger partial charge in [-0.25, -0.2) is 4.79 Å². The normalized spacial score (nSPS) is 11.1. The summed E-state index contributed by atoms with van der Waals surface area (Å²) < 4.78 is 4.88. The van der Waals surface area contributed by atoms with Gasteiger partial charge in [0.05, 0.1) is 12.2 Å². The molecule has 1 unspecified atom stereocenters. The summed E-state index contributed by atoms with van der Waals surface area (Å²) in [6, 6.07) is 6.62. The molecule has 6 heteroatoms. The number of ether oxygens (including phenoxy) is 1. The number of carbonyl (C=O) groups is 2. The monoisotopic (exact) mass is 286 g/mol. The van der Waals surface area contributed by atoms with E-state index in [4.69, 9.17) is 10.5 Å². The van der Waals surface area contributed by atoms with Crippen LogP contribution >= 0.6 is 12.4 Å². The Labute approximate surface area is 118 Å². The number of rotatable bonds is 5. The number of nitrogens with one attached hydrogen (secondary N) is 1. The molecule has 106 valence electrons. The Kier molecular flexibility index (Phi) is 7.79. The lowest BCUT2D eigenvalue weighted by molar-refractivity contribution is -0.119. The van der Waals surface area contributed by atoms with E-state index in [2.05, 4.69) is 5.32 Å². The van der Waals surface area contributed by atoms with Crippen LogP contribution in [-0.2, 0) is 9.53 Å². The molecule has 1 atom stereocenters. The van der Waals surface area contributed by atoms with E-state index in [1.165, 1.54) is 0 Å². The molecular weight excluding hydrogens is 268 g/mol. The van der Waals surface area contributed by atoms with E-state index in [0.717, 1.165) is 0 Å². The highest BCUT2D eigenvalue weighted by atomic mass is 35.5. The van der Waals surface area contributed by atoms with Crippen molar-refractivity contribution in [2.45, 2.75) is 13.8 Å². The Morgan fingerprint density at radius 1 is 1.42 bits per heavy atom. The van der Waals surface area contributed by atoms with Crippen LogP contribution in [0.2, 0.25) is 0 Å². The van der Waals surface area contributed by atoms with Crippen LogP contribution in [0, 0.1) is 5.92 Å². The van der Waals surface area contributed by atoms with E-state index < -0.39 is 5.97 Å². The van der Waals surface area contributed by atoms with Gasteiger partial charge in [0.25, 0.3) is 0 Å². The minimum Gasteiger partial charge on any atom is -0.462 e. The standard InChI is InChI=1S/C13H18N2O3.ClH/c1-3-18-13(17)10-5-4-6-11(7-10)15-12(16)9(2)8-14;/h4-7,9H,3,8,14H2,1-2H3,(H,15,16);1H. The molecule has 0 heterocycles. The van der Waals surface area contributed by atoms with Gasteiger partial charge in [0.15, 0.2) is 0 Å². The second-order valence-electron chi connectivity index (χ2n) is 3.93. The smallest absolute Gasteiger partial charge is 0.338 e. The molecule has 0 spiro atoms. The Balaban J connectivity index is 0.00000324. The fourth-order valence-electron chi connectivity index (χ4n) is 1.31. The molecule has 0 aliphatic carbocycles. The SMILES string of the molecule is CCOC(=O)c1cccc(NC(=O)C(C)CN)c1.Cl. The van der Waals surface area contributed by atoms with Crippen molar-refractivity contribution in [3.8, 4) is 0 Å². The Bertz CT molecular complexity index is 438.